The predicted octanol–water partition coefficient (Wildman–Crippen LogP) is 7.71. The molecule has 0 aromatic carbocycles. The second-order valence-electron chi connectivity index (χ2n) is 17.0. The monoisotopic (exact) mass is 865 g/mol. The Morgan fingerprint density at radius 2 is 1.23 bits per heavy atom. The van der Waals surface area contributed by atoms with Gasteiger partial charge in [0, 0.05) is 37.9 Å². The molecule has 3 atom stereocenters. The van der Waals surface area contributed by atoms with Crippen LogP contribution in [0.1, 0.15) is 138 Å². The summed E-state index contributed by atoms with van der Waals surface area (Å²) in [4.78, 5) is 72.3. The molecule has 1 N–H and O–H groups in total. The molecule has 0 saturated carbocycles. The zero-order chi connectivity index (χ0) is 44.5. The van der Waals surface area contributed by atoms with Crippen molar-refractivity contribution in [3.8, 4) is 0 Å². The van der Waals surface area contributed by atoms with Crippen LogP contribution in [0.25, 0.3) is 11.3 Å². The number of amides is 2. The van der Waals surface area contributed by atoms with Crippen molar-refractivity contribution in [1.82, 2.24) is 33.9 Å². The number of fused-ring (bicyclic) bond motifs is 2. The SMILES string of the molecule is CC(C)(C)OC(=O)N1CCC[C@@H]1C(=O)CCl.CCOC(=O)c1cccn2cc([C@H]3CCCN3)nc12.CCOC(=O)c1cccn2cc([C@H]3CCCN3C(=O)OC(C)(C)C)nc12. The number of hydrogen-bond donors (Lipinski definition) is 1. The van der Waals surface area contributed by atoms with E-state index in [-0.39, 0.29) is 29.8 Å². The Bertz CT molecular complexity index is 2170. The second-order valence-corrected chi connectivity index (χ2v) is 17.3. The average molecular weight is 866 g/mol. The largest absolute Gasteiger partial charge is 0.462 e. The van der Waals surface area contributed by atoms with Crippen molar-refractivity contribution >= 4 is 52.8 Å². The smallest absolute Gasteiger partial charge is 0.410 e. The third-order valence-corrected chi connectivity index (χ3v) is 10.3. The molecule has 3 aliphatic rings. The van der Waals surface area contributed by atoms with Crippen LogP contribution in [0.3, 0.4) is 0 Å². The Hall–Kier alpha value is -5.22. The van der Waals surface area contributed by atoms with Crippen LogP contribution in [-0.2, 0) is 23.7 Å². The maximum Gasteiger partial charge on any atom is 0.410 e. The lowest BCUT2D eigenvalue weighted by Gasteiger charge is -2.27. The summed E-state index contributed by atoms with van der Waals surface area (Å²) in [6, 6.07) is 6.83. The molecule has 61 heavy (non-hydrogen) atoms. The van der Waals surface area contributed by atoms with E-state index in [9.17, 15) is 24.0 Å². The summed E-state index contributed by atoms with van der Waals surface area (Å²) in [7, 11) is 0. The second kappa shape index (κ2) is 20.6. The lowest BCUT2D eigenvalue weighted by Crippen LogP contribution is -2.43. The summed E-state index contributed by atoms with van der Waals surface area (Å²) in [5.41, 5.74) is 2.83. The van der Waals surface area contributed by atoms with E-state index in [4.69, 9.17) is 30.5 Å². The van der Waals surface area contributed by atoms with E-state index < -0.39 is 29.3 Å². The highest BCUT2D eigenvalue weighted by atomic mass is 35.5. The van der Waals surface area contributed by atoms with Crippen LogP contribution in [0.2, 0.25) is 0 Å². The van der Waals surface area contributed by atoms with Gasteiger partial charge in [-0.05, 0) is 125 Å². The van der Waals surface area contributed by atoms with Crippen LogP contribution >= 0.6 is 11.6 Å². The highest BCUT2D eigenvalue weighted by molar-refractivity contribution is 6.28. The molecule has 17 heteroatoms. The Labute approximate surface area is 362 Å². The molecule has 0 radical (unpaired) electrons. The van der Waals surface area contributed by atoms with Crippen molar-refractivity contribution < 1.29 is 42.9 Å². The number of esters is 2. The van der Waals surface area contributed by atoms with Crippen molar-refractivity contribution in [2.45, 2.75) is 123 Å². The van der Waals surface area contributed by atoms with Gasteiger partial charge in [-0.3, -0.25) is 14.6 Å². The topological polar surface area (TPSA) is 175 Å². The average Bonchev–Trinajstić information content (AvgIpc) is 4.05. The number of aromatic nitrogens is 4. The third-order valence-electron chi connectivity index (χ3n) is 10.0. The third kappa shape index (κ3) is 12.2. The summed E-state index contributed by atoms with van der Waals surface area (Å²) in [5.74, 6) is -0.871. The van der Waals surface area contributed by atoms with Gasteiger partial charge >= 0.3 is 24.1 Å². The minimum Gasteiger partial charge on any atom is -0.462 e. The molecule has 16 nitrogen and oxygen atoms in total. The van der Waals surface area contributed by atoms with E-state index >= 15 is 0 Å². The number of likely N-dealkylation sites (tertiary alicyclic amines) is 2. The number of carbonyl (C=O) groups is 5. The fraction of sp³-hybridized carbons (Fsp3) is 0.568. The van der Waals surface area contributed by atoms with E-state index in [1.165, 1.54) is 11.3 Å². The van der Waals surface area contributed by atoms with Gasteiger partial charge in [0.15, 0.2) is 17.1 Å². The Kier molecular flexibility index (Phi) is 15.8. The quantitative estimate of drug-likeness (QED) is 0.104. The molecule has 0 bridgehead atoms. The van der Waals surface area contributed by atoms with Gasteiger partial charge in [0.2, 0.25) is 0 Å². The highest BCUT2D eigenvalue weighted by Gasteiger charge is 2.37. The normalized spacial score (nSPS) is 18.9. The van der Waals surface area contributed by atoms with Crippen LogP contribution in [0.15, 0.2) is 49.1 Å². The molecule has 7 rings (SSSR count). The molecular formula is C44H60ClN7O9. The van der Waals surface area contributed by atoms with Gasteiger partial charge in [0.25, 0.3) is 0 Å². The number of carbonyl (C=O) groups excluding carboxylic acids is 5. The van der Waals surface area contributed by atoms with Crippen molar-refractivity contribution in [3.63, 3.8) is 0 Å². The first-order valence-electron chi connectivity index (χ1n) is 21.0. The van der Waals surface area contributed by atoms with E-state index in [1.807, 2.05) is 56.0 Å². The first kappa shape index (κ1) is 46.8. The molecule has 0 unspecified atom stereocenters. The number of ether oxygens (including phenoxy) is 4. The molecule has 4 aromatic heterocycles. The van der Waals surface area contributed by atoms with Crippen molar-refractivity contribution in [2.75, 3.05) is 38.7 Å². The number of halogens is 1. The zero-order valence-corrected chi connectivity index (χ0v) is 37.3. The maximum absolute atomic E-state index is 12.5. The molecule has 7 heterocycles. The van der Waals surface area contributed by atoms with Crippen LogP contribution in [-0.4, -0.2) is 114 Å². The molecule has 0 aliphatic carbocycles. The lowest BCUT2D eigenvalue weighted by atomic mass is 10.1. The number of nitrogens with zero attached hydrogens (tertiary/aromatic N) is 6. The molecule has 332 valence electrons. The minimum atomic E-state index is -0.541. The summed E-state index contributed by atoms with van der Waals surface area (Å²) < 4.78 is 24.6. The van der Waals surface area contributed by atoms with Gasteiger partial charge in [-0.25, -0.2) is 29.1 Å². The number of nitrogens with one attached hydrogen (secondary N) is 1. The Balaban J connectivity index is 0.000000179. The molecule has 3 fully saturated rings. The summed E-state index contributed by atoms with van der Waals surface area (Å²) in [5, 5.41) is 3.42. The van der Waals surface area contributed by atoms with Crippen LogP contribution in [0.4, 0.5) is 9.59 Å². The van der Waals surface area contributed by atoms with Gasteiger partial charge in [-0.15, -0.1) is 11.6 Å². The van der Waals surface area contributed by atoms with Crippen LogP contribution in [0.5, 0.6) is 0 Å². The number of hydrogen-bond acceptors (Lipinski definition) is 12. The number of imidazole rings is 2. The van der Waals surface area contributed by atoms with Crippen molar-refractivity contribution in [1.29, 1.82) is 0 Å². The molecule has 3 aliphatic heterocycles. The van der Waals surface area contributed by atoms with E-state index in [0.717, 1.165) is 43.6 Å². The minimum absolute atomic E-state index is 0.0516. The van der Waals surface area contributed by atoms with Gasteiger partial charge in [-0.2, -0.15) is 0 Å². The van der Waals surface area contributed by atoms with Gasteiger partial charge in [0.05, 0.1) is 48.6 Å². The van der Waals surface area contributed by atoms with Gasteiger partial charge in [-0.1, -0.05) is 0 Å². The van der Waals surface area contributed by atoms with Crippen LogP contribution in [0, 0.1) is 0 Å². The predicted molar refractivity (Wildman–Crippen MR) is 229 cm³/mol. The standard InChI is InChI=1S/C19H25N3O4.C14H17N3O2.C11H18ClNO3/c1-5-25-17(23)13-8-6-10-21-12-14(20-16(13)21)15-9-7-11-22(15)18(24)26-19(2,3)4;1-2-19-14(18)10-5-4-8-17-9-12(16-13(10)17)11-6-3-7-15-11;1-11(2,3)16-10(15)13-6-4-5-8(13)9(14)7-12/h6,8,10,12,15H,5,7,9,11H2,1-4H3;4-5,8-9,11,15H,2-3,6-7H2,1H3;8H,4-7H2,1-3H3/t15-;11-;8-/m111/s1. The molecule has 3 saturated heterocycles. The summed E-state index contributed by atoms with van der Waals surface area (Å²) in [6.07, 6.45) is 12.3. The number of Topliss-reactive ketones (excluding diaryl/α,β-unsaturated/α-hetero) is 1. The first-order valence-corrected chi connectivity index (χ1v) is 21.6. The first-order chi connectivity index (χ1) is 28.9. The number of pyridine rings is 2. The van der Waals surface area contributed by atoms with E-state index in [0.29, 0.717) is 61.2 Å². The number of ketones is 1. The van der Waals surface area contributed by atoms with Gasteiger partial charge in [0.1, 0.15) is 22.3 Å². The summed E-state index contributed by atoms with van der Waals surface area (Å²) >= 11 is 5.51. The lowest BCUT2D eigenvalue weighted by molar-refractivity contribution is -0.120. The van der Waals surface area contributed by atoms with E-state index in [1.54, 1.807) is 62.1 Å². The number of rotatable bonds is 8. The fourth-order valence-electron chi connectivity index (χ4n) is 7.41. The Morgan fingerprint density at radius 3 is 1.74 bits per heavy atom. The van der Waals surface area contributed by atoms with E-state index in [2.05, 4.69) is 15.3 Å². The van der Waals surface area contributed by atoms with Crippen LogP contribution < -0.4 is 5.32 Å². The Morgan fingerprint density at radius 1 is 0.721 bits per heavy atom. The molecular weight excluding hydrogens is 806 g/mol. The molecule has 2 amide bonds. The van der Waals surface area contributed by atoms with Gasteiger partial charge < -0.3 is 33.1 Å². The molecule has 0 spiro atoms. The van der Waals surface area contributed by atoms with Crippen molar-refractivity contribution in [3.05, 3.63) is 71.6 Å². The molecule has 4 aromatic rings. The maximum atomic E-state index is 12.5. The zero-order valence-electron chi connectivity index (χ0n) is 36.6. The van der Waals surface area contributed by atoms with Crippen molar-refractivity contribution in [2.24, 2.45) is 0 Å². The number of alkyl halides is 1. The fourth-order valence-corrected chi connectivity index (χ4v) is 7.59. The highest BCUT2D eigenvalue weighted by Crippen LogP contribution is 2.33. The summed E-state index contributed by atoms with van der Waals surface area (Å²) in [6.45, 7) is 17.5.